The first-order valence-corrected chi connectivity index (χ1v) is 12.2. The molecule has 1 fully saturated rings. The first-order valence-electron chi connectivity index (χ1n) is 11.5. The van der Waals surface area contributed by atoms with E-state index in [1.807, 2.05) is 36.4 Å². The molecule has 184 valence electrons. The van der Waals surface area contributed by atoms with Gasteiger partial charge in [0.05, 0.1) is 23.5 Å². The van der Waals surface area contributed by atoms with Gasteiger partial charge in [0.1, 0.15) is 0 Å². The van der Waals surface area contributed by atoms with Gasteiger partial charge in [0.15, 0.2) is 5.82 Å². The number of carbonyl (C=O) groups excluding carboxylic acids is 1. The van der Waals surface area contributed by atoms with E-state index in [4.69, 9.17) is 23.2 Å². The molecule has 5 rings (SSSR count). The molecule has 1 saturated carbocycles. The standard InChI is InChI=1S/C18H16ClN5O2.C9H9Cl/c19-15-5-6-18(26)24(11-15)10-14-3-1-13(2-4-14)8-20-16-7-17(21-12-25)23-22-9-16;10-9-3-1-2-8(6-9)7-4-5-7/h1-7,9,11-12H,8,10H2,(H2,20,21,23,25);1-3,6-7H,4-5H2. The van der Waals surface area contributed by atoms with Gasteiger partial charge in [-0.15, -0.1) is 5.10 Å². The summed E-state index contributed by atoms with van der Waals surface area (Å²) in [6, 6.07) is 20.8. The summed E-state index contributed by atoms with van der Waals surface area (Å²) in [4.78, 5) is 22.3. The second-order valence-corrected chi connectivity index (χ2v) is 9.28. The molecule has 1 aliphatic rings. The fourth-order valence-corrected chi connectivity index (χ4v) is 3.94. The molecule has 0 aliphatic heterocycles. The summed E-state index contributed by atoms with van der Waals surface area (Å²) in [6.45, 7) is 1.05. The Labute approximate surface area is 219 Å². The van der Waals surface area contributed by atoms with Gasteiger partial charge < -0.3 is 15.2 Å². The lowest BCUT2D eigenvalue weighted by molar-refractivity contribution is -0.105. The second-order valence-electron chi connectivity index (χ2n) is 8.40. The van der Waals surface area contributed by atoms with Crippen LogP contribution in [0.25, 0.3) is 0 Å². The van der Waals surface area contributed by atoms with Crippen LogP contribution in [0, 0.1) is 0 Å². The van der Waals surface area contributed by atoms with E-state index in [9.17, 15) is 9.59 Å². The van der Waals surface area contributed by atoms with Crippen molar-refractivity contribution >= 4 is 41.1 Å². The molecule has 0 saturated heterocycles. The van der Waals surface area contributed by atoms with E-state index in [0.29, 0.717) is 30.3 Å². The fourth-order valence-electron chi connectivity index (χ4n) is 3.56. The van der Waals surface area contributed by atoms with Crippen LogP contribution >= 0.6 is 23.2 Å². The number of carbonyl (C=O) groups is 1. The van der Waals surface area contributed by atoms with Crippen molar-refractivity contribution in [2.45, 2.75) is 31.8 Å². The van der Waals surface area contributed by atoms with Gasteiger partial charge in [-0.25, -0.2) is 0 Å². The van der Waals surface area contributed by atoms with Crippen molar-refractivity contribution in [1.29, 1.82) is 0 Å². The van der Waals surface area contributed by atoms with E-state index in [1.165, 1.54) is 24.5 Å². The van der Waals surface area contributed by atoms with Gasteiger partial charge in [0, 0.05) is 29.9 Å². The maximum absolute atomic E-state index is 11.8. The predicted molar refractivity (Wildman–Crippen MR) is 144 cm³/mol. The Balaban J connectivity index is 0.000000251. The molecule has 0 unspecified atom stereocenters. The average Bonchev–Trinajstić information content (AvgIpc) is 3.73. The number of hydrogen-bond acceptors (Lipinski definition) is 5. The van der Waals surface area contributed by atoms with Gasteiger partial charge in [-0.2, -0.15) is 5.10 Å². The molecule has 0 spiro atoms. The first-order chi connectivity index (χ1) is 17.5. The lowest BCUT2D eigenvalue weighted by Crippen LogP contribution is -2.18. The number of pyridine rings is 1. The molecule has 2 aromatic carbocycles. The Hall–Kier alpha value is -3.68. The number of nitrogens with one attached hydrogen (secondary N) is 2. The van der Waals surface area contributed by atoms with Crippen LogP contribution in [0.15, 0.2) is 83.9 Å². The molecule has 0 bridgehead atoms. The summed E-state index contributed by atoms with van der Waals surface area (Å²) in [7, 11) is 0. The van der Waals surface area contributed by atoms with Crippen molar-refractivity contribution < 1.29 is 4.79 Å². The summed E-state index contributed by atoms with van der Waals surface area (Å²) in [5.74, 6) is 1.20. The highest BCUT2D eigenvalue weighted by atomic mass is 35.5. The highest BCUT2D eigenvalue weighted by molar-refractivity contribution is 6.30. The number of nitrogens with zero attached hydrogens (tertiary/aromatic N) is 3. The second kappa shape index (κ2) is 12.3. The summed E-state index contributed by atoms with van der Waals surface area (Å²) in [5, 5.41) is 14.7. The molecule has 2 aromatic heterocycles. The minimum absolute atomic E-state index is 0.0925. The minimum Gasteiger partial charge on any atom is -0.380 e. The maximum atomic E-state index is 11.8. The SMILES string of the molecule is Clc1cccc(C2CC2)c1.O=CNc1cc(NCc2ccc(Cn3cc(Cl)ccc3=O)cc2)cnn1. The molecule has 4 aromatic rings. The lowest BCUT2D eigenvalue weighted by Gasteiger charge is -2.09. The highest BCUT2D eigenvalue weighted by Gasteiger charge is 2.23. The third-order valence-electron chi connectivity index (χ3n) is 5.58. The monoisotopic (exact) mass is 521 g/mol. The summed E-state index contributed by atoms with van der Waals surface area (Å²) >= 11 is 11.8. The fraction of sp³-hybridized carbons (Fsp3) is 0.185. The molecule has 2 heterocycles. The van der Waals surface area contributed by atoms with E-state index in [-0.39, 0.29) is 5.56 Å². The molecule has 1 amide bonds. The molecule has 9 heteroatoms. The zero-order valence-corrected chi connectivity index (χ0v) is 20.9. The van der Waals surface area contributed by atoms with Gasteiger partial charge in [-0.1, -0.05) is 59.6 Å². The van der Waals surface area contributed by atoms with E-state index in [1.54, 1.807) is 29.1 Å². The number of halogens is 2. The van der Waals surface area contributed by atoms with Crippen LogP contribution in [0.1, 0.15) is 35.4 Å². The third-order valence-corrected chi connectivity index (χ3v) is 6.04. The van der Waals surface area contributed by atoms with Crippen molar-refractivity contribution in [1.82, 2.24) is 14.8 Å². The van der Waals surface area contributed by atoms with E-state index >= 15 is 0 Å². The summed E-state index contributed by atoms with van der Waals surface area (Å²) in [6.07, 6.45) is 6.45. The Morgan fingerprint density at radius 3 is 2.47 bits per heavy atom. The summed E-state index contributed by atoms with van der Waals surface area (Å²) in [5.41, 5.74) is 4.13. The van der Waals surface area contributed by atoms with Crippen molar-refractivity contribution in [2.75, 3.05) is 10.6 Å². The lowest BCUT2D eigenvalue weighted by atomic mass is 10.1. The number of benzene rings is 2. The zero-order chi connectivity index (χ0) is 25.3. The number of rotatable bonds is 8. The highest BCUT2D eigenvalue weighted by Crippen LogP contribution is 2.40. The molecular formula is C27H25Cl2N5O2. The minimum atomic E-state index is -0.0925. The molecule has 2 N–H and O–H groups in total. The Morgan fingerprint density at radius 2 is 1.75 bits per heavy atom. The van der Waals surface area contributed by atoms with Crippen molar-refractivity contribution in [2.24, 2.45) is 0 Å². The van der Waals surface area contributed by atoms with Gasteiger partial charge in [0.25, 0.3) is 5.56 Å². The predicted octanol–water partition coefficient (Wildman–Crippen LogP) is 5.74. The van der Waals surface area contributed by atoms with Crippen LogP contribution in [0.3, 0.4) is 0 Å². The van der Waals surface area contributed by atoms with E-state index in [2.05, 4.69) is 33.0 Å². The van der Waals surface area contributed by atoms with Crippen LogP contribution in [0.2, 0.25) is 10.0 Å². The molecule has 0 radical (unpaired) electrons. The molecule has 0 atom stereocenters. The Bertz CT molecular complexity index is 1370. The average molecular weight is 522 g/mol. The van der Waals surface area contributed by atoms with Crippen LogP contribution < -0.4 is 16.2 Å². The van der Waals surface area contributed by atoms with Crippen molar-refractivity contribution in [3.05, 3.63) is 116 Å². The van der Waals surface area contributed by atoms with Crippen LogP contribution in [0.5, 0.6) is 0 Å². The summed E-state index contributed by atoms with van der Waals surface area (Å²) < 4.78 is 1.57. The Morgan fingerprint density at radius 1 is 0.972 bits per heavy atom. The van der Waals surface area contributed by atoms with Crippen molar-refractivity contribution in [3.8, 4) is 0 Å². The smallest absolute Gasteiger partial charge is 0.250 e. The molecule has 36 heavy (non-hydrogen) atoms. The third kappa shape index (κ3) is 7.66. The quantitative estimate of drug-likeness (QED) is 0.288. The molecular weight excluding hydrogens is 497 g/mol. The van der Waals surface area contributed by atoms with Crippen LogP contribution in [-0.4, -0.2) is 21.2 Å². The number of anilines is 2. The van der Waals surface area contributed by atoms with Gasteiger partial charge in [0.2, 0.25) is 6.41 Å². The maximum Gasteiger partial charge on any atom is 0.250 e. The van der Waals surface area contributed by atoms with E-state index in [0.717, 1.165) is 27.8 Å². The number of hydrogen-bond donors (Lipinski definition) is 2. The molecule has 1 aliphatic carbocycles. The number of aromatic nitrogens is 3. The van der Waals surface area contributed by atoms with Gasteiger partial charge in [-0.3, -0.25) is 9.59 Å². The van der Waals surface area contributed by atoms with Crippen molar-refractivity contribution in [3.63, 3.8) is 0 Å². The van der Waals surface area contributed by atoms with E-state index < -0.39 is 0 Å². The largest absolute Gasteiger partial charge is 0.380 e. The van der Waals surface area contributed by atoms with Crippen LogP contribution in [-0.2, 0) is 17.9 Å². The van der Waals surface area contributed by atoms with Gasteiger partial charge >= 0.3 is 0 Å². The topological polar surface area (TPSA) is 88.9 Å². The van der Waals surface area contributed by atoms with Gasteiger partial charge in [-0.05, 0) is 53.6 Å². The molecule has 7 nitrogen and oxygen atoms in total. The van der Waals surface area contributed by atoms with Crippen LogP contribution in [0.4, 0.5) is 11.5 Å². The normalized spacial score (nSPS) is 12.3. The Kier molecular flexibility index (Phi) is 8.71. The first kappa shape index (κ1) is 25.4. The zero-order valence-electron chi connectivity index (χ0n) is 19.4. The number of amides is 1.